The summed E-state index contributed by atoms with van der Waals surface area (Å²) in [6.45, 7) is 0. The van der Waals surface area contributed by atoms with Crippen molar-refractivity contribution < 1.29 is 13.2 Å². The second-order valence-corrected chi connectivity index (χ2v) is 6.11. The molecule has 0 saturated carbocycles. The third kappa shape index (κ3) is 2.85. The van der Waals surface area contributed by atoms with Crippen LogP contribution >= 0.6 is 0 Å². The summed E-state index contributed by atoms with van der Waals surface area (Å²) in [4.78, 5) is 4.49. The Labute approximate surface area is 112 Å². The lowest BCUT2D eigenvalue weighted by Gasteiger charge is -2.07. The SMILES string of the molecule is COc1nc(-c2cccc(S(C)(=O)=O)c2)ccc1N. The average Bonchev–Trinajstić information content (AvgIpc) is 2.38. The van der Waals surface area contributed by atoms with E-state index in [0.29, 0.717) is 22.8 Å². The number of pyridine rings is 1. The molecule has 0 spiro atoms. The third-order valence-corrected chi connectivity index (χ3v) is 3.75. The van der Waals surface area contributed by atoms with Crippen molar-refractivity contribution in [3.63, 3.8) is 0 Å². The number of nitrogen functional groups attached to an aromatic ring is 1. The zero-order chi connectivity index (χ0) is 14.0. The molecule has 0 atom stereocenters. The molecule has 1 aromatic carbocycles. The van der Waals surface area contributed by atoms with Crippen LogP contribution in [0.2, 0.25) is 0 Å². The largest absolute Gasteiger partial charge is 0.480 e. The molecule has 2 aromatic rings. The maximum absolute atomic E-state index is 11.5. The molecule has 1 aromatic heterocycles. The first-order chi connectivity index (χ1) is 8.91. The Morgan fingerprint density at radius 2 is 1.95 bits per heavy atom. The van der Waals surface area contributed by atoms with Crippen molar-refractivity contribution in [3.05, 3.63) is 36.4 Å². The van der Waals surface area contributed by atoms with Gasteiger partial charge in [0.1, 0.15) is 0 Å². The molecule has 1 heterocycles. The van der Waals surface area contributed by atoms with Crippen LogP contribution in [0.4, 0.5) is 5.69 Å². The Morgan fingerprint density at radius 3 is 2.58 bits per heavy atom. The first-order valence-electron chi connectivity index (χ1n) is 5.53. The highest BCUT2D eigenvalue weighted by molar-refractivity contribution is 7.90. The van der Waals surface area contributed by atoms with Crippen LogP contribution in [0.1, 0.15) is 0 Å². The zero-order valence-corrected chi connectivity index (χ0v) is 11.4. The smallest absolute Gasteiger partial charge is 0.237 e. The van der Waals surface area contributed by atoms with Gasteiger partial charge in [-0.15, -0.1) is 0 Å². The van der Waals surface area contributed by atoms with E-state index in [4.69, 9.17) is 10.5 Å². The molecule has 0 amide bonds. The lowest BCUT2D eigenvalue weighted by Crippen LogP contribution is -1.99. The number of rotatable bonds is 3. The highest BCUT2D eigenvalue weighted by Crippen LogP contribution is 2.26. The number of hydrogen-bond acceptors (Lipinski definition) is 5. The van der Waals surface area contributed by atoms with E-state index in [0.717, 1.165) is 0 Å². The van der Waals surface area contributed by atoms with Crippen molar-refractivity contribution in [3.8, 4) is 17.1 Å². The monoisotopic (exact) mass is 278 g/mol. The van der Waals surface area contributed by atoms with Gasteiger partial charge >= 0.3 is 0 Å². The molecular weight excluding hydrogens is 264 g/mol. The fraction of sp³-hybridized carbons (Fsp3) is 0.154. The molecule has 0 aliphatic rings. The summed E-state index contributed by atoms with van der Waals surface area (Å²) in [6, 6.07) is 9.98. The van der Waals surface area contributed by atoms with Gasteiger partial charge in [-0.3, -0.25) is 0 Å². The molecule has 5 nitrogen and oxygen atoms in total. The first kappa shape index (κ1) is 13.4. The van der Waals surface area contributed by atoms with Crippen LogP contribution in [0.5, 0.6) is 5.88 Å². The molecule has 19 heavy (non-hydrogen) atoms. The second-order valence-electron chi connectivity index (χ2n) is 4.09. The molecule has 0 aliphatic heterocycles. The van der Waals surface area contributed by atoms with Crippen molar-refractivity contribution in [1.82, 2.24) is 4.98 Å². The number of methoxy groups -OCH3 is 1. The van der Waals surface area contributed by atoms with E-state index in [2.05, 4.69) is 4.98 Å². The van der Waals surface area contributed by atoms with E-state index in [9.17, 15) is 8.42 Å². The van der Waals surface area contributed by atoms with Gasteiger partial charge in [-0.2, -0.15) is 0 Å². The number of ether oxygens (including phenoxy) is 1. The van der Waals surface area contributed by atoms with Crippen LogP contribution in [-0.4, -0.2) is 26.8 Å². The number of sulfone groups is 1. The summed E-state index contributed by atoms with van der Waals surface area (Å²) >= 11 is 0. The van der Waals surface area contributed by atoms with Crippen LogP contribution in [0.3, 0.4) is 0 Å². The molecular formula is C13H14N2O3S. The number of aromatic nitrogens is 1. The fourth-order valence-corrected chi connectivity index (χ4v) is 2.33. The average molecular weight is 278 g/mol. The Kier molecular flexibility index (Phi) is 3.44. The van der Waals surface area contributed by atoms with Crippen LogP contribution in [0.15, 0.2) is 41.3 Å². The summed E-state index contributed by atoms with van der Waals surface area (Å²) in [5.74, 6) is 0.322. The van der Waals surface area contributed by atoms with Crippen molar-refractivity contribution >= 4 is 15.5 Å². The summed E-state index contributed by atoms with van der Waals surface area (Å²) in [6.07, 6.45) is 1.17. The quantitative estimate of drug-likeness (QED) is 0.924. The van der Waals surface area contributed by atoms with Gasteiger partial charge in [0.05, 0.1) is 23.4 Å². The Hall–Kier alpha value is -2.08. The summed E-state index contributed by atoms with van der Waals surface area (Å²) in [5, 5.41) is 0. The third-order valence-electron chi connectivity index (χ3n) is 2.64. The predicted octanol–water partition coefficient (Wildman–Crippen LogP) is 1.74. The topological polar surface area (TPSA) is 82.3 Å². The van der Waals surface area contributed by atoms with E-state index in [-0.39, 0.29) is 4.90 Å². The molecule has 0 fully saturated rings. The predicted molar refractivity (Wildman–Crippen MR) is 73.7 cm³/mol. The van der Waals surface area contributed by atoms with Gasteiger partial charge in [-0.1, -0.05) is 12.1 Å². The lowest BCUT2D eigenvalue weighted by molar-refractivity contribution is 0.401. The van der Waals surface area contributed by atoms with Crippen molar-refractivity contribution in [1.29, 1.82) is 0 Å². The van der Waals surface area contributed by atoms with Gasteiger partial charge in [0, 0.05) is 11.8 Å². The van der Waals surface area contributed by atoms with E-state index in [1.165, 1.54) is 13.4 Å². The Balaban J connectivity index is 2.54. The van der Waals surface area contributed by atoms with Gasteiger partial charge in [-0.25, -0.2) is 13.4 Å². The minimum Gasteiger partial charge on any atom is -0.480 e. The van der Waals surface area contributed by atoms with Gasteiger partial charge < -0.3 is 10.5 Å². The van der Waals surface area contributed by atoms with Gasteiger partial charge in [0.15, 0.2) is 9.84 Å². The molecule has 0 radical (unpaired) electrons. The maximum atomic E-state index is 11.5. The molecule has 2 rings (SSSR count). The molecule has 100 valence electrons. The van der Waals surface area contributed by atoms with Crippen LogP contribution in [0, 0.1) is 0 Å². The number of anilines is 1. The maximum Gasteiger partial charge on any atom is 0.237 e. The van der Waals surface area contributed by atoms with Gasteiger partial charge in [0.25, 0.3) is 0 Å². The molecule has 0 saturated heterocycles. The van der Waals surface area contributed by atoms with Gasteiger partial charge in [-0.05, 0) is 24.3 Å². The Morgan fingerprint density at radius 1 is 1.21 bits per heavy atom. The van der Waals surface area contributed by atoms with E-state index in [1.54, 1.807) is 36.4 Å². The summed E-state index contributed by atoms with van der Waals surface area (Å²) in [5.41, 5.74) is 7.43. The van der Waals surface area contributed by atoms with Crippen LogP contribution in [0.25, 0.3) is 11.3 Å². The zero-order valence-electron chi connectivity index (χ0n) is 10.6. The normalized spacial score (nSPS) is 11.3. The van der Waals surface area contributed by atoms with E-state index >= 15 is 0 Å². The minimum absolute atomic E-state index is 0.252. The minimum atomic E-state index is -3.24. The molecule has 0 aliphatic carbocycles. The molecule has 0 bridgehead atoms. The molecule has 0 unspecified atom stereocenters. The van der Waals surface area contributed by atoms with Crippen LogP contribution in [-0.2, 0) is 9.84 Å². The number of benzene rings is 1. The molecule has 2 N–H and O–H groups in total. The van der Waals surface area contributed by atoms with Crippen LogP contribution < -0.4 is 10.5 Å². The van der Waals surface area contributed by atoms with E-state index in [1.807, 2.05) is 0 Å². The second kappa shape index (κ2) is 4.89. The van der Waals surface area contributed by atoms with Crippen molar-refractivity contribution in [2.75, 3.05) is 19.1 Å². The van der Waals surface area contributed by atoms with Crippen molar-refractivity contribution in [2.24, 2.45) is 0 Å². The number of nitrogens with zero attached hydrogens (tertiary/aromatic N) is 1. The summed E-state index contributed by atoms with van der Waals surface area (Å²) in [7, 11) is -1.76. The van der Waals surface area contributed by atoms with Gasteiger partial charge in [0.2, 0.25) is 5.88 Å². The van der Waals surface area contributed by atoms with E-state index < -0.39 is 9.84 Å². The first-order valence-corrected chi connectivity index (χ1v) is 7.42. The highest BCUT2D eigenvalue weighted by Gasteiger charge is 2.10. The summed E-state index contributed by atoms with van der Waals surface area (Å²) < 4.78 is 28.1. The number of nitrogens with two attached hydrogens (primary N) is 1. The lowest BCUT2D eigenvalue weighted by atomic mass is 10.1. The molecule has 6 heteroatoms. The Bertz CT molecular complexity index is 712. The fourth-order valence-electron chi connectivity index (χ4n) is 1.66. The standard InChI is InChI=1S/C13H14N2O3S/c1-18-13-11(14)6-7-12(15-13)9-4-3-5-10(8-9)19(2,16)17/h3-8H,14H2,1-2H3. The van der Waals surface area contributed by atoms with Crippen molar-refractivity contribution in [2.45, 2.75) is 4.90 Å². The highest BCUT2D eigenvalue weighted by atomic mass is 32.2. The number of hydrogen-bond donors (Lipinski definition) is 1.